The fourth-order valence-electron chi connectivity index (χ4n) is 1.95. The van der Waals surface area contributed by atoms with Crippen LogP contribution < -0.4 is 16.4 Å². The summed E-state index contributed by atoms with van der Waals surface area (Å²) in [6, 6.07) is 0.0345. The normalized spacial score (nSPS) is 24.1. The molecule has 0 aromatic heterocycles. The van der Waals surface area contributed by atoms with Gasteiger partial charge in [-0.1, -0.05) is 6.42 Å². The number of aliphatic hydroxyl groups excluding tert-OH is 1. The highest BCUT2D eigenvalue weighted by atomic mass is 16.3. The van der Waals surface area contributed by atoms with Crippen molar-refractivity contribution < 1.29 is 14.7 Å². The number of carbonyl (C=O) groups excluding carboxylic acids is 2. The molecular formula is C10H19N3O3. The van der Waals surface area contributed by atoms with E-state index in [-0.39, 0.29) is 43.5 Å². The molecule has 0 spiro atoms. The van der Waals surface area contributed by atoms with E-state index in [2.05, 4.69) is 10.6 Å². The third kappa shape index (κ3) is 3.79. The Labute approximate surface area is 94.6 Å². The van der Waals surface area contributed by atoms with Crippen molar-refractivity contribution in [3.8, 4) is 0 Å². The van der Waals surface area contributed by atoms with Crippen molar-refractivity contribution in [3.05, 3.63) is 0 Å². The average Bonchev–Trinajstić information content (AvgIpc) is 2.73. The molecule has 92 valence electrons. The van der Waals surface area contributed by atoms with E-state index in [0.717, 1.165) is 19.3 Å². The first-order chi connectivity index (χ1) is 7.67. The van der Waals surface area contributed by atoms with Crippen molar-refractivity contribution in [3.63, 3.8) is 0 Å². The van der Waals surface area contributed by atoms with Gasteiger partial charge in [-0.15, -0.1) is 0 Å². The minimum absolute atomic E-state index is 0.0345. The molecular weight excluding hydrogens is 210 g/mol. The van der Waals surface area contributed by atoms with Crippen molar-refractivity contribution in [2.45, 2.75) is 25.3 Å². The molecule has 16 heavy (non-hydrogen) atoms. The van der Waals surface area contributed by atoms with Crippen LogP contribution in [-0.2, 0) is 9.59 Å². The lowest BCUT2D eigenvalue weighted by atomic mass is 10.1. The van der Waals surface area contributed by atoms with Crippen LogP contribution in [0.3, 0.4) is 0 Å². The monoisotopic (exact) mass is 229 g/mol. The van der Waals surface area contributed by atoms with Gasteiger partial charge < -0.3 is 21.5 Å². The van der Waals surface area contributed by atoms with Crippen LogP contribution in [0.2, 0.25) is 0 Å². The molecule has 2 unspecified atom stereocenters. The summed E-state index contributed by atoms with van der Waals surface area (Å²) >= 11 is 0. The summed E-state index contributed by atoms with van der Waals surface area (Å²) in [7, 11) is 0. The van der Waals surface area contributed by atoms with Gasteiger partial charge in [-0.25, -0.2) is 0 Å². The summed E-state index contributed by atoms with van der Waals surface area (Å²) in [5, 5.41) is 14.3. The number of carbonyl (C=O) groups is 2. The first kappa shape index (κ1) is 12.9. The summed E-state index contributed by atoms with van der Waals surface area (Å²) in [5.74, 6) is -0.429. The minimum atomic E-state index is -0.347. The molecule has 1 aliphatic rings. The quantitative estimate of drug-likeness (QED) is 0.453. The molecule has 1 rings (SSSR count). The van der Waals surface area contributed by atoms with Crippen molar-refractivity contribution in [1.82, 2.24) is 10.6 Å². The summed E-state index contributed by atoms with van der Waals surface area (Å²) < 4.78 is 0. The Morgan fingerprint density at radius 3 is 2.69 bits per heavy atom. The fourth-order valence-corrected chi connectivity index (χ4v) is 1.95. The Kier molecular flexibility index (Phi) is 5.21. The predicted octanol–water partition coefficient (Wildman–Crippen LogP) is -1.66. The Morgan fingerprint density at radius 1 is 1.31 bits per heavy atom. The zero-order valence-corrected chi connectivity index (χ0v) is 9.24. The summed E-state index contributed by atoms with van der Waals surface area (Å²) in [6.07, 6.45) is 2.85. The Hall–Kier alpha value is -1.14. The lowest BCUT2D eigenvalue weighted by molar-refractivity contribution is -0.125. The fraction of sp³-hybridized carbons (Fsp3) is 0.800. The largest absolute Gasteiger partial charge is 0.396 e. The van der Waals surface area contributed by atoms with E-state index >= 15 is 0 Å². The molecule has 2 atom stereocenters. The standard InChI is InChI=1S/C10H19N3O3/c11-4-9(15)12-5-10(16)13-8-3-1-2-7(8)6-14/h7-8,14H,1-6,11H2,(H,12,15)(H,13,16). The van der Waals surface area contributed by atoms with Gasteiger partial charge in [0.2, 0.25) is 11.8 Å². The van der Waals surface area contributed by atoms with E-state index < -0.39 is 0 Å². The number of aliphatic hydroxyl groups is 1. The molecule has 1 fully saturated rings. The van der Waals surface area contributed by atoms with Crippen LogP contribution in [-0.4, -0.2) is 42.7 Å². The van der Waals surface area contributed by atoms with Gasteiger partial charge in [-0.3, -0.25) is 9.59 Å². The first-order valence-corrected chi connectivity index (χ1v) is 5.54. The molecule has 0 aliphatic heterocycles. The molecule has 1 saturated carbocycles. The summed E-state index contributed by atoms with van der Waals surface area (Å²) in [4.78, 5) is 22.3. The SMILES string of the molecule is NCC(=O)NCC(=O)NC1CCCC1CO. The highest BCUT2D eigenvalue weighted by Gasteiger charge is 2.27. The average molecular weight is 229 g/mol. The van der Waals surface area contributed by atoms with Crippen molar-refractivity contribution >= 4 is 11.8 Å². The highest BCUT2D eigenvalue weighted by molar-refractivity contribution is 5.85. The summed E-state index contributed by atoms with van der Waals surface area (Å²) in [5.41, 5.74) is 5.09. The first-order valence-electron chi connectivity index (χ1n) is 5.54. The molecule has 0 saturated heterocycles. The number of amides is 2. The second-order valence-corrected chi connectivity index (χ2v) is 4.03. The van der Waals surface area contributed by atoms with Gasteiger partial charge in [-0.2, -0.15) is 0 Å². The molecule has 0 radical (unpaired) electrons. The van der Waals surface area contributed by atoms with E-state index in [1.165, 1.54) is 0 Å². The Balaban J connectivity index is 2.25. The van der Waals surface area contributed by atoms with Crippen molar-refractivity contribution in [2.24, 2.45) is 11.7 Å². The minimum Gasteiger partial charge on any atom is -0.396 e. The topological polar surface area (TPSA) is 104 Å². The lowest BCUT2D eigenvalue weighted by Crippen LogP contribution is -2.45. The van der Waals surface area contributed by atoms with Gasteiger partial charge in [-0.05, 0) is 12.8 Å². The highest BCUT2D eigenvalue weighted by Crippen LogP contribution is 2.24. The van der Waals surface area contributed by atoms with Gasteiger partial charge in [0.15, 0.2) is 0 Å². The van der Waals surface area contributed by atoms with Crippen LogP contribution in [0.5, 0.6) is 0 Å². The Bertz CT molecular complexity index is 258. The van der Waals surface area contributed by atoms with E-state index in [9.17, 15) is 9.59 Å². The number of hydrogen-bond acceptors (Lipinski definition) is 4. The molecule has 6 nitrogen and oxygen atoms in total. The third-order valence-electron chi connectivity index (χ3n) is 2.87. The smallest absolute Gasteiger partial charge is 0.239 e. The van der Waals surface area contributed by atoms with Gasteiger partial charge in [0.1, 0.15) is 0 Å². The molecule has 0 aromatic rings. The number of rotatable bonds is 5. The van der Waals surface area contributed by atoms with Crippen LogP contribution >= 0.6 is 0 Å². The van der Waals surface area contributed by atoms with Crippen LogP contribution in [0.25, 0.3) is 0 Å². The van der Waals surface area contributed by atoms with E-state index in [1.807, 2.05) is 0 Å². The number of hydrogen-bond donors (Lipinski definition) is 4. The van der Waals surface area contributed by atoms with Crippen molar-refractivity contribution in [1.29, 1.82) is 0 Å². The lowest BCUT2D eigenvalue weighted by Gasteiger charge is -2.19. The molecule has 1 aliphatic carbocycles. The van der Waals surface area contributed by atoms with Crippen LogP contribution in [0.1, 0.15) is 19.3 Å². The van der Waals surface area contributed by atoms with Crippen LogP contribution in [0, 0.1) is 5.92 Å². The van der Waals surface area contributed by atoms with Crippen LogP contribution in [0.4, 0.5) is 0 Å². The zero-order valence-electron chi connectivity index (χ0n) is 9.24. The van der Waals surface area contributed by atoms with Crippen LogP contribution in [0.15, 0.2) is 0 Å². The second-order valence-electron chi connectivity index (χ2n) is 4.03. The maximum Gasteiger partial charge on any atom is 0.239 e. The van der Waals surface area contributed by atoms with Gasteiger partial charge in [0, 0.05) is 18.6 Å². The molecule has 0 heterocycles. The molecule has 0 bridgehead atoms. The van der Waals surface area contributed by atoms with Gasteiger partial charge >= 0.3 is 0 Å². The molecule has 2 amide bonds. The molecule has 5 N–H and O–H groups in total. The number of nitrogens with one attached hydrogen (secondary N) is 2. The second kappa shape index (κ2) is 6.44. The Morgan fingerprint density at radius 2 is 2.06 bits per heavy atom. The maximum atomic E-state index is 11.4. The summed E-state index contributed by atoms with van der Waals surface area (Å²) in [6.45, 7) is -0.0687. The molecule has 0 aromatic carbocycles. The maximum absolute atomic E-state index is 11.4. The predicted molar refractivity (Wildman–Crippen MR) is 58.4 cm³/mol. The van der Waals surface area contributed by atoms with Crippen molar-refractivity contribution in [2.75, 3.05) is 19.7 Å². The molecule has 6 heteroatoms. The third-order valence-corrected chi connectivity index (χ3v) is 2.87. The van der Waals surface area contributed by atoms with Gasteiger partial charge in [0.05, 0.1) is 13.1 Å². The number of nitrogens with two attached hydrogens (primary N) is 1. The van der Waals surface area contributed by atoms with Gasteiger partial charge in [0.25, 0.3) is 0 Å². The van der Waals surface area contributed by atoms with E-state index in [4.69, 9.17) is 10.8 Å². The van der Waals surface area contributed by atoms with E-state index in [1.54, 1.807) is 0 Å². The zero-order chi connectivity index (χ0) is 12.0. The van der Waals surface area contributed by atoms with E-state index in [0.29, 0.717) is 0 Å².